The summed E-state index contributed by atoms with van der Waals surface area (Å²) in [6, 6.07) is 0. The second-order valence-electron chi connectivity index (χ2n) is 6.69. The Hall–Kier alpha value is -0.695. The van der Waals surface area contributed by atoms with Crippen molar-refractivity contribution in [1.82, 2.24) is 10.3 Å². The monoisotopic (exact) mass is 354 g/mol. The third kappa shape index (κ3) is 3.70. The molecule has 4 heterocycles. The molecule has 1 aromatic rings. The Balaban J connectivity index is 1.54. The molecule has 4 rings (SSSR count). The van der Waals surface area contributed by atoms with Gasteiger partial charge in [0.1, 0.15) is 5.60 Å². The molecular weight excluding hydrogens is 327 g/mol. The smallest absolute Gasteiger partial charge is 0.189 e. The number of nitrogens with zero attached hydrogens (tertiary/aromatic N) is 2. The van der Waals surface area contributed by atoms with Crippen LogP contribution >= 0.6 is 23.6 Å². The Morgan fingerprint density at radius 1 is 1.57 bits per heavy atom. The first kappa shape index (κ1) is 17.1. The zero-order valence-electron chi connectivity index (χ0n) is 13.1. The maximum absolute atomic E-state index is 11.1. The zero-order valence-corrected chi connectivity index (χ0v) is 14.8. The van der Waals surface area contributed by atoms with Crippen LogP contribution in [-0.4, -0.2) is 59.4 Å². The van der Waals surface area contributed by atoms with Crippen LogP contribution in [0.1, 0.15) is 38.3 Å². The molecule has 8 heteroatoms. The lowest BCUT2D eigenvalue weighted by atomic mass is 9.72. The zero-order chi connectivity index (χ0) is 16.7. The summed E-state index contributed by atoms with van der Waals surface area (Å²) in [4.78, 5) is 4.54. The summed E-state index contributed by atoms with van der Waals surface area (Å²) in [5, 5.41) is 20.9. The lowest BCUT2D eigenvalue weighted by Gasteiger charge is -2.60. The number of anilines is 1. The molecule has 23 heavy (non-hydrogen) atoms. The van der Waals surface area contributed by atoms with Crippen molar-refractivity contribution in [2.45, 2.75) is 38.2 Å². The van der Waals surface area contributed by atoms with Crippen LogP contribution in [0.5, 0.6) is 0 Å². The Morgan fingerprint density at radius 2 is 2.26 bits per heavy atom. The van der Waals surface area contributed by atoms with E-state index in [1.165, 1.54) is 30.3 Å². The van der Waals surface area contributed by atoms with E-state index in [2.05, 4.69) is 34.8 Å². The summed E-state index contributed by atoms with van der Waals surface area (Å²) in [7, 11) is 0.212. The van der Waals surface area contributed by atoms with Crippen LogP contribution in [0.3, 0.4) is 0 Å². The molecule has 1 aromatic heterocycles. The van der Waals surface area contributed by atoms with Gasteiger partial charge in [0.05, 0.1) is 18.8 Å². The van der Waals surface area contributed by atoms with Gasteiger partial charge >= 0.3 is 0 Å². The van der Waals surface area contributed by atoms with Gasteiger partial charge in [0.2, 0.25) is 0 Å². The predicted molar refractivity (Wildman–Crippen MR) is 103 cm³/mol. The molecule has 0 saturated carbocycles. The number of rotatable bonds is 4. The van der Waals surface area contributed by atoms with E-state index in [-0.39, 0.29) is 7.98 Å². The largest absolute Gasteiger partial charge is 0.520 e. The van der Waals surface area contributed by atoms with Crippen LogP contribution in [-0.2, 0) is 0 Å². The van der Waals surface area contributed by atoms with E-state index >= 15 is 0 Å². The predicted octanol–water partition coefficient (Wildman–Crippen LogP) is 0.805. The van der Waals surface area contributed by atoms with Crippen LogP contribution in [0.25, 0.3) is 0 Å². The van der Waals surface area contributed by atoms with Crippen molar-refractivity contribution in [2.24, 2.45) is 5.92 Å². The van der Waals surface area contributed by atoms with E-state index in [9.17, 15) is 5.11 Å². The molecular formula is C15H27BN4OS2. The molecule has 3 fully saturated rings. The lowest BCUT2D eigenvalue weighted by molar-refractivity contribution is -0.846. The van der Waals surface area contributed by atoms with Gasteiger partial charge in [-0.15, -0.1) is 11.3 Å². The van der Waals surface area contributed by atoms with Gasteiger partial charge in [0, 0.05) is 24.4 Å². The van der Waals surface area contributed by atoms with Gasteiger partial charge in [-0.3, -0.25) is 0 Å². The van der Waals surface area contributed by atoms with Gasteiger partial charge < -0.3 is 20.1 Å². The molecule has 0 aromatic carbocycles. The molecule has 0 spiro atoms. The topological polar surface area (TPSA) is 57.2 Å². The Bertz CT molecular complexity index is 586. The number of thiocarbonyl (C=S) groups is 1. The third-order valence-electron chi connectivity index (χ3n) is 4.73. The molecule has 1 atom stereocenters. The van der Waals surface area contributed by atoms with Crippen molar-refractivity contribution in [3.63, 3.8) is 0 Å². The van der Waals surface area contributed by atoms with Gasteiger partial charge in [-0.1, -0.05) is 13.8 Å². The van der Waals surface area contributed by atoms with E-state index in [0.717, 1.165) is 17.4 Å². The molecule has 128 valence electrons. The molecule has 3 saturated heterocycles. The van der Waals surface area contributed by atoms with Crippen LogP contribution < -0.4 is 10.6 Å². The van der Waals surface area contributed by atoms with E-state index in [4.69, 9.17) is 12.2 Å². The second-order valence-corrected chi connectivity index (χ2v) is 7.96. The van der Waals surface area contributed by atoms with E-state index < -0.39 is 5.60 Å². The fraction of sp³-hybridized carbons (Fsp3) is 0.733. The molecule has 5 nitrogen and oxygen atoms in total. The number of nitrogens with one attached hydrogen (secondary N) is 2. The average Bonchev–Trinajstić information content (AvgIpc) is 2.94. The number of quaternary nitrogens is 1. The van der Waals surface area contributed by atoms with Crippen LogP contribution in [0.15, 0.2) is 5.38 Å². The maximum Gasteiger partial charge on any atom is 0.189 e. The van der Waals surface area contributed by atoms with Crippen molar-refractivity contribution in [1.29, 1.82) is 0 Å². The SMILES string of the molecule is [BH3-][N+]12CCC(CC1)C(O)(CNC(=S)Nc1nc(C(C)C)cs1)C2. The van der Waals surface area contributed by atoms with Crippen LogP contribution in [0, 0.1) is 5.92 Å². The fourth-order valence-electron chi connectivity index (χ4n) is 3.33. The quantitative estimate of drug-likeness (QED) is 0.552. The Kier molecular flexibility index (Phi) is 4.70. The van der Waals surface area contributed by atoms with E-state index in [0.29, 0.717) is 23.5 Å². The van der Waals surface area contributed by atoms with Crippen molar-refractivity contribution >= 4 is 41.8 Å². The molecule has 2 bridgehead atoms. The van der Waals surface area contributed by atoms with Crippen molar-refractivity contribution in [2.75, 3.05) is 31.5 Å². The second kappa shape index (κ2) is 6.31. The summed E-state index contributed by atoms with van der Waals surface area (Å²) in [5.41, 5.74) is 0.498. The van der Waals surface area contributed by atoms with Gasteiger partial charge in [0.15, 0.2) is 18.2 Å². The Labute approximate surface area is 148 Å². The molecule has 3 aliphatic heterocycles. The van der Waals surface area contributed by atoms with Gasteiger partial charge in [-0.2, -0.15) is 0 Å². The first-order valence-corrected chi connectivity index (χ1v) is 9.20. The van der Waals surface area contributed by atoms with Crippen LogP contribution in [0.2, 0.25) is 0 Å². The standard InChI is InChI=1S/C15H27BN4OS2/c1-10(2)12-7-23-14(18-12)19-13(22)17-8-15(21)9-20(16)5-3-11(15)4-6-20/h7,10-11,21H,3-6,8-9H2,1-2,16H3,(H2,17,18,19,22). The number of hydrogen-bond acceptors (Lipinski definition) is 4. The molecule has 0 aliphatic carbocycles. The van der Waals surface area contributed by atoms with E-state index in [1.807, 2.05) is 0 Å². The highest BCUT2D eigenvalue weighted by Gasteiger charge is 2.49. The summed E-state index contributed by atoms with van der Waals surface area (Å²) in [5.74, 6) is 0.858. The van der Waals surface area contributed by atoms with Crippen molar-refractivity contribution in [3.8, 4) is 0 Å². The Morgan fingerprint density at radius 3 is 2.83 bits per heavy atom. The number of piperidine rings is 3. The van der Waals surface area contributed by atoms with Crippen LogP contribution in [0.4, 0.5) is 5.13 Å². The maximum atomic E-state index is 11.1. The van der Waals surface area contributed by atoms with Gasteiger partial charge in [-0.25, -0.2) is 4.98 Å². The number of thiazole rings is 1. The third-order valence-corrected chi connectivity index (χ3v) is 5.76. The molecule has 3 N–H and O–H groups in total. The molecule has 0 radical (unpaired) electrons. The minimum Gasteiger partial charge on any atom is -0.520 e. The fourth-order valence-corrected chi connectivity index (χ4v) is 4.44. The molecule has 3 aliphatic rings. The normalized spacial score (nSPS) is 33.0. The lowest BCUT2D eigenvalue weighted by Crippen LogP contribution is -2.70. The van der Waals surface area contributed by atoms with Crippen molar-refractivity contribution < 1.29 is 9.50 Å². The summed E-state index contributed by atoms with van der Waals surface area (Å²) < 4.78 is 1.24. The highest BCUT2D eigenvalue weighted by Crippen LogP contribution is 2.38. The number of fused-ring (bicyclic) bond motifs is 3. The van der Waals surface area contributed by atoms with E-state index in [1.54, 1.807) is 11.3 Å². The highest BCUT2D eigenvalue weighted by atomic mass is 32.1. The number of hydrogen-bond donors (Lipinski definition) is 3. The first-order chi connectivity index (χ1) is 10.8. The van der Waals surface area contributed by atoms with Gasteiger partial charge in [0.25, 0.3) is 0 Å². The number of aromatic nitrogens is 1. The summed E-state index contributed by atoms with van der Waals surface area (Å²) >= 11 is 6.96. The summed E-state index contributed by atoms with van der Waals surface area (Å²) in [6.07, 6.45) is 2.35. The van der Waals surface area contributed by atoms with Crippen molar-refractivity contribution in [3.05, 3.63) is 11.1 Å². The minimum absolute atomic E-state index is 0.212. The molecule has 1 unspecified atom stereocenters. The highest BCUT2D eigenvalue weighted by molar-refractivity contribution is 7.80. The summed E-state index contributed by atoms with van der Waals surface area (Å²) in [6.45, 7) is 8.35. The minimum atomic E-state index is -0.587. The first-order valence-electron chi connectivity index (χ1n) is 7.91. The average molecular weight is 354 g/mol. The number of aliphatic hydroxyl groups is 1. The van der Waals surface area contributed by atoms with Gasteiger partial charge in [-0.05, 0) is 31.0 Å². The molecule has 0 amide bonds.